The van der Waals surface area contributed by atoms with Crippen molar-refractivity contribution in [3.05, 3.63) is 65.5 Å². The van der Waals surface area contributed by atoms with Crippen molar-refractivity contribution in [2.24, 2.45) is 0 Å². The molecule has 35 heavy (non-hydrogen) atoms. The van der Waals surface area contributed by atoms with E-state index in [0.717, 1.165) is 44.1 Å². The van der Waals surface area contributed by atoms with Gasteiger partial charge in [-0.1, -0.05) is 37.1 Å². The van der Waals surface area contributed by atoms with E-state index in [4.69, 9.17) is 4.74 Å². The first-order valence-electron chi connectivity index (χ1n) is 12.3. The lowest BCUT2D eigenvalue weighted by Crippen LogP contribution is -2.26. The highest BCUT2D eigenvalue weighted by atomic mass is 19.1. The topological polar surface area (TPSA) is 84.5 Å². The standard InChI is InChI=1S/C28H33FN2O4/c1-2-35-27(33)8-6-4-3-5-7-26(32)30-23-15-9-20(10-16-23)19-25(28(34)31-24-17-18-24)21-11-13-22(29)14-12-21/h9-16,19,24H,2-8,17-18H2,1H3,(H,30,32)(H,31,34)/b25-19+. The number of amides is 2. The minimum absolute atomic E-state index is 0.0607. The Morgan fingerprint density at radius 3 is 2.23 bits per heavy atom. The molecule has 0 heterocycles. The molecule has 0 spiro atoms. The summed E-state index contributed by atoms with van der Waals surface area (Å²) >= 11 is 0. The molecule has 6 nitrogen and oxygen atoms in total. The van der Waals surface area contributed by atoms with Crippen LogP contribution in [0, 0.1) is 5.82 Å². The second kappa shape index (κ2) is 13.4. The van der Waals surface area contributed by atoms with Gasteiger partial charge in [-0.2, -0.15) is 0 Å². The van der Waals surface area contributed by atoms with Crippen molar-refractivity contribution in [3.8, 4) is 0 Å². The highest BCUT2D eigenvalue weighted by Gasteiger charge is 2.25. The van der Waals surface area contributed by atoms with E-state index in [0.29, 0.717) is 36.3 Å². The summed E-state index contributed by atoms with van der Waals surface area (Å²) in [6, 6.07) is 13.3. The van der Waals surface area contributed by atoms with Gasteiger partial charge < -0.3 is 15.4 Å². The van der Waals surface area contributed by atoms with Crippen molar-refractivity contribution in [1.82, 2.24) is 5.32 Å². The molecule has 7 heteroatoms. The second-order valence-corrected chi connectivity index (χ2v) is 8.70. The van der Waals surface area contributed by atoms with Crippen LogP contribution in [0.2, 0.25) is 0 Å². The van der Waals surface area contributed by atoms with Gasteiger partial charge in [0.1, 0.15) is 5.82 Å². The fraction of sp³-hybridized carbons (Fsp3) is 0.393. The Labute approximate surface area is 205 Å². The Morgan fingerprint density at radius 2 is 1.60 bits per heavy atom. The number of rotatable bonds is 13. The van der Waals surface area contributed by atoms with Crippen LogP contribution in [0.1, 0.15) is 69.4 Å². The first kappa shape index (κ1) is 26.1. The van der Waals surface area contributed by atoms with Gasteiger partial charge in [-0.05, 0) is 74.1 Å². The molecule has 0 unspecified atom stereocenters. The van der Waals surface area contributed by atoms with Gasteiger partial charge in [0.15, 0.2) is 0 Å². The molecule has 0 aromatic heterocycles. The summed E-state index contributed by atoms with van der Waals surface area (Å²) in [5, 5.41) is 5.88. The van der Waals surface area contributed by atoms with Crippen molar-refractivity contribution >= 4 is 35.1 Å². The average Bonchev–Trinajstić information content (AvgIpc) is 3.65. The number of carbonyl (C=O) groups is 3. The number of halogens is 1. The molecule has 0 atom stereocenters. The van der Waals surface area contributed by atoms with Crippen LogP contribution in [0.3, 0.4) is 0 Å². The van der Waals surface area contributed by atoms with Crippen LogP contribution in [-0.2, 0) is 19.1 Å². The maximum Gasteiger partial charge on any atom is 0.305 e. The predicted octanol–water partition coefficient (Wildman–Crippen LogP) is 5.49. The maximum atomic E-state index is 13.4. The number of benzene rings is 2. The zero-order valence-electron chi connectivity index (χ0n) is 20.1. The number of unbranched alkanes of at least 4 members (excludes halogenated alkanes) is 3. The van der Waals surface area contributed by atoms with Gasteiger partial charge in [0.25, 0.3) is 5.91 Å². The monoisotopic (exact) mass is 480 g/mol. The van der Waals surface area contributed by atoms with Gasteiger partial charge in [-0.25, -0.2) is 4.39 Å². The third kappa shape index (κ3) is 9.35. The summed E-state index contributed by atoms with van der Waals surface area (Å²) in [5.41, 5.74) is 2.59. The van der Waals surface area contributed by atoms with Gasteiger partial charge in [0, 0.05) is 30.1 Å². The zero-order valence-corrected chi connectivity index (χ0v) is 20.1. The van der Waals surface area contributed by atoms with Crippen LogP contribution in [0.25, 0.3) is 11.6 Å². The van der Waals surface area contributed by atoms with Gasteiger partial charge in [0.05, 0.1) is 6.61 Å². The Kier molecular flexibility index (Phi) is 10.0. The van der Waals surface area contributed by atoms with E-state index in [-0.39, 0.29) is 29.6 Å². The number of ether oxygens (including phenoxy) is 1. The summed E-state index contributed by atoms with van der Waals surface area (Å²) in [5.74, 6) is -0.766. The number of hydrogen-bond acceptors (Lipinski definition) is 4. The summed E-state index contributed by atoms with van der Waals surface area (Å²) in [6.45, 7) is 2.20. The molecule has 0 bridgehead atoms. The highest BCUT2D eigenvalue weighted by Crippen LogP contribution is 2.24. The minimum Gasteiger partial charge on any atom is -0.466 e. The number of anilines is 1. The zero-order chi connectivity index (χ0) is 25.0. The normalized spacial score (nSPS) is 13.3. The molecule has 186 valence electrons. The predicted molar refractivity (Wildman–Crippen MR) is 135 cm³/mol. The Hall–Kier alpha value is -3.48. The Bertz CT molecular complexity index is 1030. The van der Waals surface area contributed by atoms with Crippen molar-refractivity contribution in [3.63, 3.8) is 0 Å². The number of esters is 1. The first-order valence-corrected chi connectivity index (χ1v) is 12.3. The summed E-state index contributed by atoms with van der Waals surface area (Å²) in [6.07, 6.45) is 7.86. The summed E-state index contributed by atoms with van der Waals surface area (Å²) < 4.78 is 18.3. The van der Waals surface area contributed by atoms with Crippen LogP contribution < -0.4 is 10.6 Å². The van der Waals surface area contributed by atoms with E-state index in [1.807, 2.05) is 12.1 Å². The van der Waals surface area contributed by atoms with Gasteiger partial charge >= 0.3 is 5.97 Å². The van der Waals surface area contributed by atoms with Crippen LogP contribution in [-0.4, -0.2) is 30.4 Å². The number of nitrogens with one attached hydrogen (secondary N) is 2. The lowest BCUT2D eigenvalue weighted by atomic mass is 10.0. The van der Waals surface area contributed by atoms with Crippen molar-refractivity contribution in [2.45, 2.75) is 64.3 Å². The minimum atomic E-state index is -0.354. The summed E-state index contributed by atoms with van der Waals surface area (Å²) in [7, 11) is 0. The van der Waals surface area contributed by atoms with E-state index >= 15 is 0 Å². The Balaban J connectivity index is 1.50. The molecule has 2 aromatic rings. The van der Waals surface area contributed by atoms with E-state index in [1.165, 1.54) is 12.1 Å². The van der Waals surface area contributed by atoms with Gasteiger partial charge in [-0.15, -0.1) is 0 Å². The first-order chi connectivity index (χ1) is 16.9. The highest BCUT2D eigenvalue weighted by molar-refractivity contribution is 6.24. The maximum absolute atomic E-state index is 13.4. The molecule has 0 radical (unpaired) electrons. The second-order valence-electron chi connectivity index (χ2n) is 8.70. The van der Waals surface area contributed by atoms with E-state index in [1.54, 1.807) is 37.3 Å². The third-order valence-corrected chi connectivity index (χ3v) is 5.66. The average molecular weight is 481 g/mol. The molecule has 1 fully saturated rings. The molecule has 1 aliphatic rings. The molecule has 0 aliphatic heterocycles. The molecule has 1 saturated carbocycles. The SMILES string of the molecule is CCOC(=O)CCCCCCC(=O)Nc1ccc(/C=C(/C(=O)NC2CC2)c2ccc(F)cc2)cc1. The van der Waals surface area contributed by atoms with Crippen LogP contribution in [0.15, 0.2) is 48.5 Å². The van der Waals surface area contributed by atoms with E-state index in [2.05, 4.69) is 10.6 Å². The summed E-state index contributed by atoms with van der Waals surface area (Å²) in [4.78, 5) is 36.3. The molecule has 2 N–H and O–H groups in total. The van der Waals surface area contributed by atoms with Crippen molar-refractivity contribution < 1.29 is 23.5 Å². The van der Waals surface area contributed by atoms with Gasteiger partial charge in [0.2, 0.25) is 5.91 Å². The van der Waals surface area contributed by atoms with Crippen LogP contribution >= 0.6 is 0 Å². The lowest BCUT2D eigenvalue weighted by molar-refractivity contribution is -0.143. The third-order valence-electron chi connectivity index (χ3n) is 5.66. The molecule has 0 saturated heterocycles. The number of hydrogen-bond donors (Lipinski definition) is 2. The fourth-order valence-corrected chi connectivity index (χ4v) is 3.59. The molecule has 1 aliphatic carbocycles. The van der Waals surface area contributed by atoms with Crippen molar-refractivity contribution in [2.75, 3.05) is 11.9 Å². The van der Waals surface area contributed by atoms with Crippen LogP contribution in [0.4, 0.5) is 10.1 Å². The van der Waals surface area contributed by atoms with E-state index < -0.39 is 0 Å². The molecule has 2 aromatic carbocycles. The van der Waals surface area contributed by atoms with Crippen LogP contribution in [0.5, 0.6) is 0 Å². The lowest BCUT2D eigenvalue weighted by Gasteiger charge is -2.10. The quantitative estimate of drug-likeness (QED) is 0.172. The number of carbonyl (C=O) groups excluding carboxylic acids is 3. The molecular weight excluding hydrogens is 447 g/mol. The van der Waals surface area contributed by atoms with E-state index in [9.17, 15) is 18.8 Å². The fourth-order valence-electron chi connectivity index (χ4n) is 3.59. The smallest absolute Gasteiger partial charge is 0.305 e. The van der Waals surface area contributed by atoms with Crippen molar-refractivity contribution in [1.29, 1.82) is 0 Å². The largest absolute Gasteiger partial charge is 0.466 e. The molecule has 2 amide bonds. The molecular formula is C28H33FN2O4. The molecule has 3 rings (SSSR count). The Morgan fingerprint density at radius 1 is 0.943 bits per heavy atom. The van der Waals surface area contributed by atoms with Gasteiger partial charge in [-0.3, -0.25) is 14.4 Å².